The second-order valence-corrected chi connectivity index (χ2v) is 3.58. The molecule has 1 heterocycles. The van der Waals surface area contributed by atoms with Crippen molar-refractivity contribution in [2.75, 3.05) is 0 Å². The van der Waals surface area contributed by atoms with Crippen LogP contribution in [0.2, 0.25) is 0 Å². The molecule has 0 saturated heterocycles. The summed E-state index contributed by atoms with van der Waals surface area (Å²) < 4.78 is 1.18. The highest BCUT2D eigenvalue weighted by Crippen LogP contribution is 2.09. The molecule has 0 atom stereocenters. The first kappa shape index (κ1) is 8.90. The molecule has 0 fully saturated rings. The number of halogens is 1. The number of unbranched alkanes of at least 4 members (excludes halogenated alkanes) is 1. The number of hydrogen-bond donors (Lipinski definition) is 0. The number of hydrogen-bond acceptors (Lipinski definition) is 2. The normalized spacial score (nSPS) is 10.0. The van der Waals surface area contributed by atoms with Gasteiger partial charge in [0, 0.05) is 6.20 Å². The fraction of sp³-hybridized carbons (Fsp3) is 0.500. The first-order valence-corrected chi connectivity index (χ1v) is 4.87. The van der Waals surface area contributed by atoms with Crippen molar-refractivity contribution in [3.8, 4) is 0 Å². The summed E-state index contributed by atoms with van der Waals surface area (Å²) in [5.41, 5.74) is 1.18. The van der Waals surface area contributed by atoms with Gasteiger partial charge in [0.25, 0.3) is 0 Å². The average molecular weight is 262 g/mol. The van der Waals surface area contributed by atoms with Crippen LogP contribution >= 0.6 is 22.6 Å². The third kappa shape index (κ3) is 2.73. The highest BCUT2D eigenvalue weighted by Gasteiger charge is 1.98. The van der Waals surface area contributed by atoms with Crippen molar-refractivity contribution in [1.29, 1.82) is 0 Å². The van der Waals surface area contributed by atoms with Gasteiger partial charge < -0.3 is 0 Å². The van der Waals surface area contributed by atoms with Crippen LogP contribution in [0, 0.1) is 3.57 Å². The predicted octanol–water partition coefficient (Wildman–Crippen LogP) is 2.42. The molecule has 0 N–H and O–H groups in total. The predicted molar refractivity (Wildman–Crippen MR) is 53.4 cm³/mol. The van der Waals surface area contributed by atoms with Crippen molar-refractivity contribution in [1.82, 2.24) is 9.97 Å². The quantitative estimate of drug-likeness (QED) is 0.782. The molecule has 0 aliphatic rings. The van der Waals surface area contributed by atoms with Crippen molar-refractivity contribution in [3.63, 3.8) is 0 Å². The molecular formula is C8H11IN2. The van der Waals surface area contributed by atoms with E-state index >= 15 is 0 Å². The van der Waals surface area contributed by atoms with Crippen LogP contribution in [0.5, 0.6) is 0 Å². The Bertz CT molecular complexity index is 225. The highest BCUT2D eigenvalue weighted by atomic mass is 127. The lowest BCUT2D eigenvalue weighted by atomic mass is 10.2. The van der Waals surface area contributed by atoms with Crippen LogP contribution in [0.4, 0.5) is 0 Å². The Labute approximate surface area is 80.6 Å². The average Bonchev–Trinajstić information content (AvgIpc) is 2.03. The molecule has 0 saturated carbocycles. The van der Waals surface area contributed by atoms with Gasteiger partial charge in [0.05, 0.1) is 9.26 Å². The molecule has 0 bridgehead atoms. The molecule has 0 radical (unpaired) electrons. The SMILES string of the molecule is CCCCc1ncncc1I. The summed E-state index contributed by atoms with van der Waals surface area (Å²) in [4.78, 5) is 8.13. The van der Waals surface area contributed by atoms with E-state index in [0.717, 1.165) is 6.42 Å². The van der Waals surface area contributed by atoms with Gasteiger partial charge in [-0.1, -0.05) is 13.3 Å². The fourth-order valence-corrected chi connectivity index (χ4v) is 1.44. The van der Waals surface area contributed by atoms with Gasteiger partial charge in [-0.2, -0.15) is 0 Å². The summed E-state index contributed by atoms with van der Waals surface area (Å²) in [6.07, 6.45) is 7.00. The van der Waals surface area contributed by atoms with E-state index < -0.39 is 0 Å². The topological polar surface area (TPSA) is 25.8 Å². The number of nitrogens with zero attached hydrogens (tertiary/aromatic N) is 2. The van der Waals surface area contributed by atoms with Crippen LogP contribution in [0.1, 0.15) is 25.5 Å². The minimum absolute atomic E-state index is 1.08. The van der Waals surface area contributed by atoms with Crippen LogP contribution in [-0.4, -0.2) is 9.97 Å². The van der Waals surface area contributed by atoms with Crippen LogP contribution < -0.4 is 0 Å². The Balaban J connectivity index is 2.62. The Morgan fingerprint density at radius 3 is 3.00 bits per heavy atom. The molecule has 2 nitrogen and oxygen atoms in total. The molecule has 0 aromatic carbocycles. The van der Waals surface area contributed by atoms with E-state index in [4.69, 9.17) is 0 Å². The van der Waals surface area contributed by atoms with Gasteiger partial charge in [0.15, 0.2) is 0 Å². The van der Waals surface area contributed by atoms with Gasteiger partial charge in [0.2, 0.25) is 0 Å². The zero-order valence-electron chi connectivity index (χ0n) is 6.55. The smallest absolute Gasteiger partial charge is 0.115 e. The minimum Gasteiger partial charge on any atom is -0.244 e. The monoisotopic (exact) mass is 262 g/mol. The van der Waals surface area contributed by atoms with E-state index in [1.165, 1.54) is 22.1 Å². The summed E-state index contributed by atoms with van der Waals surface area (Å²) >= 11 is 2.28. The maximum Gasteiger partial charge on any atom is 0.115 e. The second kappa shape index (κ2) is 4.64. The summed E-state index contributed by atoms with van der Waals surface area (Å²) in [6, 6.07) is 0. The lowest BCUT2D eigenvalue weighted by Gasteiger charge is -1.99. The first-order valence-electron chi connectivity index (χ1n) is 3.79. The van der Waals surface area contributed by atoms with Crippen LogP contribution in [0.25, 0.3) is 0 Å². The maximum absolute atomic E-state index is 4.20. The Morgan fingerprint density at radius 2 is 2.36 bits per heavy atom. The van der Waals surface area contributed by atoms with E-state index in [2.05, 4.69) is 39.5 Å². The van der Waals surface area contributed by atoms with Crippen molar-refractivity contribution in [2.24, 2.45) is 0 Å². The molecular weight excluding hydrogens is 251 g/mol. The number of rotatable bonds is 3. The molecule has 1 rings (SSSR count). The molecule has 11 heavy (non-hydrogen) atoms. The largest absolute Gasteiger partial charge is 0.244 e. The Kier molecular flexibility index (Phi) is 3.76. The van der Waals surface area contributed by atoms with Crippen molar-refractivity contribution < 1.29 is 0 Å². The molecule has 1 aromatic rings. The van der Waals surface area contributed by atoms with Gasteiger partial charge >= 0.3 is 0 Å². The van der Waals surface area contributed by atoms with Gasteiger partial charge in [-0.15, -0.1) is 0 Å². The standard InChI is InChI=1S/C8H11IN2/c1-2-3-4-8-7(9)5-10-6-11-8/h5-6H,2-4H2,1H3. The molecule has 0 aliphatic carbocycles. The maximum atomic E-state index is 4.20. The zero-order valence-corrected chi connectivity index (χ0v) is 8.71. The van der Waals surface area contributed by atoms with Gasteiger partial charge in [-0.05, 0) is 35.4 Å². The summed E-state index contributed by atoms with van der Waals surface area (Å²) in [7, 11) is 0. The van der Waals surface area contributed by atoms with Crippen molar-refractivity contribution >= 4 is 22.6 Å². The van der Waals surface area contributed by atoms with E-state index in [1.807, 2.05) is 6.20 Å². The third-order valence-electron chi connectivity index (χ3n) is 1.51. The molecule has 0 spiro atoms. The number of aromatic nitrogens is 2. The van der Waals surface area contributed by atoms with Gasteiger partial charge in [-0.3, -0.25) is 0 Å². The summed E-state index contributed by atoms with van der Waals surface area (Å²) in [5, 5.41) is 0. The lowest BCUT2D eigenvalue weighted by Crippen LogP contribution is -1.94. The molecule has 0 amide bonds. The molecule has 1 aromatic heterocycles. The zero-order chi connectivity index (χ0) is 8.10. The van der Waals surface area contributed by atoms with E-state index in [1.54, 1.807) is 6.33 Å². The summed E-state index contributed by atoms with van der Waals surface area (Å²) in [5.74, 6) is 0. The molecule has 0 aliphatic heterocycles. The van der Waals surface area contributed by atoms with E-state index in [9.17, 15) is 0 Å². The second-order valence-electron chi connectivity index (χ2n) is 2.42. The third-order valence-corrected chi connectivity index (χ3v) is 2.41. The van der Waals surface area contributed by atoms with Crippen molar-refractivity contribution in [3.05, 3.63) is 21.8 Å². The minimum atomic E-state index is 1.08. The van der Waals surface area contributed by atoms with E-state index in [0.29, 0.717) is 0 Å². The van der Waals surface area contributed by atoms with Gasteiger partial charge in [-0.25, -0.2) is 9.97 Å². The fourth-order valence-electron chi connectivity index (χ4n) is 0.866. The van der Waals surface area contributed by atoms with Crippen LogP contribution in [-0.2, 0) is 6.42 Å². The van der Waals surface area contributed by atoms with Crippen LogP contribution in [0.3, 0.4) is 0 Å². The lowest BCUT2D eigenvalue weighted by molar-refractivity contribution is 0.769. The Hall–Kier alpha value is -0.190. The number of aryl methyl sites for hydroxylation is 1. The molecule has 3 heteroatoms. The molecule has 60 valence electrons. The first-order chi connectivity index (χ1) is 5.34. The van der Waals surface area contributed by atoms with E-state index in [-0.39, 0.29) is 0 Å². The summed E-state index contributed by atoms with van der Waals surface area (Å²) in [6.45, 7) is 2.19. The molecule has 0 unspecified atom stereocenters. The van der Waals surface area contributed by atoms with Crippen LogP contribution in [0.15, 0.2) is 12.5 Å². The Morgan fingerprint density at radius 1 is 1.55 bits per heavy atom. The van der Waals surface area contributed by atoms with Crippen molar-refractivity contribution in [2.45, 2.75) is 26.2 Å². The highest BCUT2D eigenvalue weighted by molar-refractivity contribution is 14.1. The van der Waals surface area contributed by atoms with Gasteiger partial charge in [0.1, 0.15) is 6.33 Å².